The Kier molecular flexibility index (Phi) is 2.83. The molecule has 0 saturated carbocycles. The first-order valence-electron chi connectivity index (χ1n) is 5.49. The number of nitrogens with two attached hydrogens (primary N) is 1. The summed E-state index contributed by atoms with van der Waals surface area (Å²) in [5.74, 6) is 0.753. The quantitative estimate of drug-likeness (QED) is 0.783. The van der Waals surface area contributed by atoms with E-state index < -0.39 is 0 Å². The number of aromatic nitrogens is 4. The highest BCUT2D eigenvalue weighted by Gasteiger charge is 2.15. The molecule has 96 valence electrons. The van der Waals surface area contributed by atoms with Crippen molar-refractivity contribution in [3.05, 3.63) is 35.1 Å². The molecule has 0 atom stereocenters. The van der Waals surface area contributed by atoms with E-state index in [1.54, 1.807) is 4.57 Å². The van der Waals surface area contributed by atoms with Crippen molar-refractivity contribution in [1.29, 1.82) is 0 Å². The van der Waals surface area contributed by atoms with Crippen LogP contribution in [-0.2, 0) is 0 Å². The third-order valence-electron chi connectivity index (χ3n) is 2.71. The molecule has 19 heavy (non-hydrogen) atoms. The standard InChI is InChI=1S/C12H10BrN5O/c1-19-11-9-10(15-6-16-11)18(12(14)17-9)8-4-2-7(13)3-5-8/h2-6H,1H3,(H2,14,17). The molecule has 0 saturated heterocycles. The van der Waals surface area contributed by atoms with Gasteiger partial charge in [0.2, 0.25) is 11.8 Å². The van der Waals surface area contributed by atoms with E-state index in [1.165, 1.54) is 13.4 Å². The van der Waals surface area contributed by atoms with Crippen molar-refractivity contribution in [2.75, 3.05) is 12.8 Å². The summed E-state index contributed by atoms with van der Waals surface area (Å²) in [6.07, 6.45) is 1.43. The number of nitrogen functional groups attached to an aromatic ring is 1. The molecule has 0 fully saturated rings. The van der Waals surface area contributed by atoms with Crippen molar-refractivity contribution in [2.45, 2.75) is 0 Å². The Labute approximate surface area is 117 Å². The fourth-order valence-corrected chi connectivity index (χ4v) is 2.15. The maximum atomic E-state index is 5.96. The van der Waals surface area contributed by atoms with Crippen LogP contribution in [0.3, 0.4) is 0 Å². The number of methoxy groups -OCH3 is 1. The van der Waals surface area contributed by atoms with E-state index in [-0.39, 0.29) is 0 Å². The number of imidazole rings is 1. The summed E-state index contributed by atoms with van der Waals surface area (Å²) in [4.78, 5) is 12.5. The highest BCUT2D eigenvalue weighted by Crippen LogP contribution is 2.26. The second-order valence-electron chi connectivity index (χ2n) is 3.84. The van der Waals surface area contributed by atoms with Gasteiger partial charge in [0.05, 0.1) is 12.8 Å². The van der Waals surface area contributed by atoms with Crippen molar-refractivity contribution in [3.8, 4) is 11.6 Å². The molecule has 0 bridgehead atoms. The van der Waals surface area contributed by atoms with Crippen LogP contribution in [0.4, 0.5) is 5.95 Å². The summed E-state index contributed by atoms with van der Waals surface area (Å²) in [5.41, 5.74) is 8.01. The highest BCUT2D eigenvalue weighted by atomic mass is 79.9. The summed E-state index contributed by atoms with van der Waals surface area (Å²) in [7, 11) is 1.54. The molecule has 0 radical (unpaired) electrons. The lowest BCUT2D eigenvalue weighted by Crippen LogP contribution is -2.01. The second kappa shape index (κ2) is 4.51. The van der Waals surface area contributed by atoms with E-state index in [1.807, 2.05) is 24.3 Å². The molecule has 2 heterocycles. The minimum Gasteiger partial charge on any atom is -0.479 e. The van der Waals surface area contributed by atoms with Crippen LogP contribution < -0.4 is 10.5 Å². The maximum absolute atomic E-state index is 5.96. The van der Waals surface area contributed by atoms with Gasteiger partial charge in [0.15, 0.2) is 11.2 Å². The molecule has 0 aliphatic heterocycles. The van der Waals surface area contributed by atoms with E-state index in [2.05, 4.69) is 30.9 Å². The molecule has 6 nitrogen and oxygen atoms in total. The van der Waals surface area contributed by atoms with Crippen molar-refractivity contribution < 1.29 is 4.74 Å². The molecule has 0 amide bonds. The van der Waals surface area contributed by atoms with Gasteiger partial charge in [-0.2, -0.15) is 4.98 Å². The van der Waals surface area contributed by atoms with Crippen LogP contribution in [0.25, 0.3) is 16.9 Å². The predicted octanol–water partition coefficient (Wildman–Crippen LogP) is 2.17. The van der Waals surface area contributed by atoms with Crippen LogP contribution in [0.1, 0.15) is 0 Å². The number of rotatable bonds is 2. The summed E-state index contributed by atoms with van der Waals surface area (Å²) in [6, 6.07) is 7.71. The number of hydrogen-bond acceptors (Lipinski definition) is 5. The molecule has 0 aliphatic carbocycles. The van der Waals surface area contributed by atoms with Gasteiger partial charge in [-0.3, -0.25) is 4.57 Å². The fraction of sp³-hybridized carbons (Fsp3) is 0.0833. The minimum atomic E-state index is 0.344. The van der Waals surface area contributed by atoms with Crippen molar-refractivity contribution >= 4 is 33.0 Å². The molecule has 7 heteroatoms. The molecule has 1 aromatic carbocycles. The first kappa shape index (κ1) is 11.9. The number of hydrogen-bond donors (Lipinski definition) is 1. The van der Waals surface area contributed by atoms with Crippen molar-refractivity contribution in [1.82, 2.24) is 19.5 Å². The summed E-state index contributed by atoms with van der Waals surface area (Å²) in [5, 5.41) is 0. The number of halogens is 1. The number of anilines is 1. The summed E-state index contributed by atoms with van der Waals surface area (Å²) < 4.78 is 7.91. The molecular weight excluding hydrogens is 310 g/mol. The average molecular weight is 320 g/mol. The maximum Gasteiger partial charge on any atom is 0.245 e. The molecule has 0 unspecified atom stereocenters. The zero-order chi connectivity index (χ0) is 13.4. The summed E-state index contributed by atoms with van der Waals surface area (Å²) >= 11 is 3.40. The first-order valence-corrected chi connectivity index (χ1v) is 6.29. The largest absolute Gasteiger partial charge is 0.479 e. The van der Waals surface area contributed by atoms with Gasteiger partial charge < -0.3 is 10.5 Å². The van der Waals surface area contributed by atoms with Crippen LogP contribution in [0.15, 0.2) is 35.1 Å². The van der Waals surface area contributed by atoms with Gasteiger partial charge in [0.25, 0.3) is 0 Å². The predicted molar refractivity (Wildman–Crippen MR) is 75.3 cm³/mol. The van der Waals surface area contributed by atoms with Gasteiger partial charge in [-0.1, -0.05) is 15.9 Å². The normalized spacial score (nSPS) is 10.8. The molecule has 2 N–H and O–H groups in total. The molecule has 0 spiro atoms. The third kappa shape index (κ3) is 1.91. The lowest BCUT2D eigenvalue weighted by molar-refractivity contribution is 0.401. The molecule has 2 aromatic heterocycles. The first-order chi connectivity index (χ1) is 9.20. The Morgan fingerprint density at radius 2 is 1.95 bits per heavy atom. The Hall–Kier alpha value is -2.15. The Bertz CT molecular complexity index is 738. The number of ether oxygens (including phenoxy) is 1. The minimum absolute atomic E-state index is 0.344. The van der Waals surface area contributed by atoms with Gasteiger partial charge in [-0.05, 0) is 24.3 Å². The van der Waals surface area contributed by atoms with Gasteiger partial charge in [-0.15, -0.1) is 0 Å². The van der Waals surface area contributed by atoms with Gasteiger partial charge >= 0.3 is 0 Å². The van der Waals surface area contributed by atoms with E-state index in [0.29, 0.717) is 23.0 Å². The van der Waals surface area contributed by atoms with E-state index in [9.17, 15) is 0 Å². The fourth-order valence-electron chi connectivity index (χ4n) is 1.88. The molecule has 0 aliphatic rings. The lowest BCUT2D eigenvalue weighted by atomic mass is 10.3. The van der Waals surface area contributed by atoms with Crippen molar-refractivity contribution in [3.63, 3.8) is 0 Å². The Balaban J connectivity index is 2.29. The lowest BCUT2D eigenvalue weighted by Gasteiger charge is -2.05. The summed E-state index contributed by atoms with van der Waals surface area (Å²) in [6.45, 7) is 0. The zero-order valence-electron chi connectivity index (χ0n) is 10.0. The van der Waals surface area contributed by atoms with E-state index >= 15 is 0 Å². The third-order valence-corrected chi connectivity index (χ3v) is 3.24. The van der Waals surface area contributed by atoms with Crippen LogP contribution in [0.2, 0.25) is 0 Å². The topological polar surface area (TPSA) is 78.8 Å². The van der Waals surface area contributed by atoms with Gasteiger partial charge in [-0.25, -0.2) is 9.97 Å². The van der Waals surface area contributed by atoms with Crippen LogP contribution in [-0.4, -0.2) is 26.6 Å². The second-order valence-corrected chi connectivity index (χ2v) is 4.75. The average Bonchev–Trinajstić information content (AvgIpc) is 2.76. The van der Waals surface area contributed by atoms with Crippen LogP contribution >= 0.6 is 15.9 Å². The number of fused-ring (bicyclic) bond motifs is 1. The number of nitrogens with zero attached hydrogens (tertiary/aromatic N) is 4. The SMILES string of the molecule is COc1ncnc2c1nc(N)n2-c1ccc(Br)cc1. The van der Waals surface area contributed by atoms with Crippen LogP contribution in [0, 0.1) is 0 Å². The van der Waals surface area contributed by atoms with E-state index in [0.717, 1.165) is 10.2 Å². The van der Waals surface area contributed by atoms with Gasteiger partial charge in [0, 0.05) is 4.47 Å². The monoisotopic (exact) mass is 319 g/mol. The number of benzene rings is 1. The Morgan fingerprint density at radius 1 is 1.21 bits per heavy atom. The van der Waals surface area contributed by atoms with E-state index in [4.69, 9.17) is 10.5 Å². The van der Waals surface area contributed by atoms with Gasteiger partial charge in [0.1, 0.15) is 6.33 Å². The smallest absolute Gasteiger partial charge is 0.245 e. The highest BCUT2D eigenvalue weighted by molar-refractivity contribution is 9.10. The van der Waals surface area contributed by atoms with Crippen molar-refractivity contribution in [2.24, 2.45) is 0 Å². The Morgan fingerprint density at radius 3 is 2.63 bits per heavy atom. The molecule has 3 aromatic rings. The zero-order valence-corrected chi connectivity index (χ0v) is 11.6. The van der Waals surface area contributed by atoms with Crippen LogP contribution in [0.5, 0.6) is 5.88 Å². The molecule has 3 rings (SSSR count). The molecular formula is C12H10BrN5O.